The minimum absolute atomic E-state index is 0.0230. The normalized spacial score (nSPS) is 12.6. The van der Waals surface area contributed by atoms with Crippen LogP contribution in [0.2, 0.25) is 0 Å². The van der Waals surface area contributed by atoms with Crippen molar-refractivity contribution in [1.29, 1.82) is 0 Å². The summed E-state index contributed by atoms with van der Waals surface area (Å²) in [6, 6.07) is 3.96. The summed E-state index contributed by atoms with van der Waals surface area (Å²) in [4.78, 5) is 16.0. The monoisotopic (exact) mass is 246 g/mol. The third kappa shape index (κ3) is 2.87. The topological polar surface area (TPSA) is 58.4 Å². The molecule has 0 aliphatic rings. The van der Waals surface area contributed by atoms with Gasteiger partial charge in [-0.3, -0.25) is 4.79 Å². The first-order valence-electron chi connectivity index (χ1n) is 6.04. The van der Waals surface area contributed by atoms with Crippen LogP contribution in [-0.4, -0.2) is 28.9 Å². The van der Waals surface area contributed by atoms with E-state index in [2.05, 4.69) is 15.6 Å². The van der Waals surface area contributed by atoms with E-state index in [4.69, 9.17) is 0 Å². The van der Waals surface area contributed by atoms with E-state index in [9.17, 15) is 4.79 Å². The average molecular weight is 246 g/mol. The van der Waals surface area contributed by atoms with Crippen LogP contribution < -0.4 is 10.6 Å². The summed E-state index contributed by atoms with van der Waals surface area (Å²) in [6.07, 6.45) is 5.60. The van der Waals surface area contributed by atoms with Crippen molar-refractivity contribution in [3.05, 3.63) is 36.3 Å². The molecule has 0 saturated carbocycles. The Morgan fingerprint density at radius 2 is 2.33 bits per heavy atom. The molecule has 2 aromatic heterocycles. The summed E-state index contributed by atoms with van der Waals surface area (Å²) < 4.78 is 1.94. The first kappa shape index (κ1) is 12.6. The lowest BCUT2D eigenvalue weighted by molar-refractivity contribution is -0.124. The molecule has 96 valence electrons. The van der Waals surface area contributed by atoms with E-state index < -0.39 is 0 Å². The molecule has 1 atom stereocenters. The highest BCUT2D eigenvalue weighted by atomic mass is 16.1. The van der Waals surface area contributed by atoms with Crippen LogP contribution in [0, 0.1) is 5.92 Å². The molecule has 2 heterocycles. The van der Waals surface area contributed by atoms with Crippen LogP contribution in [0.1, 0.15) is 12.5 Å². The SMILES string of the molecule is CNCC(C)C(=O)NCc1ccn2ccnc2c1. The predicted molar refractivity (Wildman–Crippen MR) is 70.1 cm³/mol. The van der Waals surface area contributed by atoms with Gasteiger partial charge in [0.25, 0.3) is 0 Å². The molecule has 0 saturated heterocycles. The number of hydrogen-bond acceptors (Lipinski definition) is 3. The fourth-order valence-electron chi connectivity index (χ4n) is 1.82. The molecule has 18 heavy (non-hydrogen) atoms. The maximum Gasteiger partial charge on any atom is 0.224 e. The highest BCUT2D eigenvalue weighted by molar-refractivity contribution is 5.78. The van der Waals surface area contributed by atoms with Crippen LogP contribution in [0.3, 0.4) is 0 Å². The molecule has 1 amide bonds. The molecule has 0 spiro atoms. The quantitative estimate of drug-likeness (QED) is 0.820. The van der Waals surface area contributed by atoms with Crippen LogP contribution >= 0.6 is 0 Å². The number of hydrogen-bond donors (Lipinski definition) is 2. The smallest absolute Gasteiger partial charge is 0.224 e. The third-order valence-corrected chi connectivity index (χ3v) is 2.89. The van der Waals surface area contributed by atoms with Crippen LogP contribution in [0.4, 0.5) is 0 Å². The standard InChI is InChI=1S/C13H18N4O/c1-10(8-14-2)13(18)16-9-11-3-5-17-6-4-15-12(17)7-11/h3-7,10,14H,8-9H2,1-2H3,(H,16,18). The number of aromatic nitrogens is 2. The van der Waals surface area contributed by atoms with Gasteiger partial charge in [-0.2, -0.15) is 0 Å². The molecular formula is C13H18N4O. The second-order valence-corrected chi connectivity index (χ2v) is 4.40. The average Bonchev–Trinajstić information content (AvgIpc) is 2.83. The molecule has 2 N–H and O–H groups in total. The Bertz CT molecular complexity index is 535. The van der Waals surface area contributed by atoms with Crippen molar-refractivity contribution in [2.45, 2.75) is 13.5 Å². The van der Waals surface area contributed by atoms with Gasteiger partial charge in [-0.05, 0) is 24.7 Å². The van der Waals surface area contributed by atoms with Crippen molar-refractivity contribution in [1.82, 2.24) is 20.0 Å². The Labute approximate surface area is 106 Å². The van der Waals surface area contributed by atoms with Crippen molar-refractivity contribution in [3.63, 3.8) is 0 Å². The molecule has 0 fully saturated rings. The van der Waals surface area contributed by atoms with Gasteiger partial charge < -0.3 is 15.0 Å². The fraction of sp³-hybridized carbons (Fsp3) is 0.385. The third-order valence-electron chi connectivity index (χ3n) is 2.89. The molecule has 5 heteroatoms. The molecular weight excluding hydrogens is 228 g/mol. The Kier molecular flexibility index (Phi) is 3.94. The van der Waals surface area contributed by atoms with Crippen molar-refractivity contribution >= 4 is 11.6 Å². The minimum Gasteiger partial charge on any atom is -0.352 e. The second kappa shape index (κ2) is 5.64. The molecule has 0 aliphatic heterocycles. The van der Waals surface area contributed by atoms with Crippen LogP contribution in [-0.2, 0) is 11.3 Å². The van der Waals surface area contributed by atoms with Crippen LogP contribution in [0.25, 0.3) is 5.65 Å². The van der Waals surface area contributed by atoms with Gasteiger partial charge in [0.1, 0.15) is 5.65 Å². The zero-order chi connectivity index (χ0) is 13.0. The predicted octanol–water partition coefficient (Wildman–Crippen LogP) is 0.806. The van der Waals surface area contributed by atoms with E-state index in [0.29, 0.717) is 13.1 Å². The van der Waals surface area contributed by atoms with E-state index in [-0.39, 0.29) is 11.8 Å². The van der Waals surface area contributed by atoms with Gasteiger partial charge in [-0.1, -0.05) is 6.92 Å². The van der Waals surface area contributed by atoms with Crippen LogP contribution in [0.5, 0.6) is 0 Å². The number of pyridine rings is 1. The zero-order valence-electron chi connectivity index (χ0n) is 10.7. The highest BCUT2D eigenvalue weighted by Crippen LogP contribution is 2.05. The minimum atomic E-state index is -0.0230. The van der Waals surface area contributed by atoms with Gasteiger partial charge in [-0.15, -0.1) is 0 Å². The number of carbonyl (C=O) groups is 1. The Balaban J connectivity index is 1.95. The van der Waals surface area contributed by atoms with Gasteiger partial charge in [0.2, 0.25) is 5.91 Å². The number of rotatable bonds is 5. The number of carbonyl (C=O) groups excluding carboxylic acids is 1. The van der Waals surface area contributed by atoms with Crippen molar-refractivity contribution in [2.75, 3.05) is 13.6 Å². The summed E-state index contributed by atoms with van der Waals surface area (Å²) in [5.41, 5.74) is 1.95. The molecule has 0 aliphatic carbocycles. The maximum absolute atomic E-state index is 11.7. The number of fused-ring (bicyclic) bond motifs is 1. The van der Waals surface area contributed by atoms with Gasteiger partial charge in [-0.25, -0.2) is 4.98 Å². The summed E-state index contributed by atoms with van der Waals surface area (Å²) >= 11 is 0. The Morgan fingerprint density at radius 1 is 1.50 bits per heavy atom. The van der Waals surface area contributed by atoms with E-state index >= 15 is 0 Å². The maximum atomic E-state index is 11.7. The van der Waals surface area contributed by atoms with E-state index in [1.807, 2.05) is 42.9 Å². The number of imidazole rings is 1. The first-order valence-corrected chi connectivity index (χ1v) is 6.04. The molecule has 1 unspecified atom stereocenters. The highest BCUT2D eigenvalue weighted by Gasteiger charge is 2.10. The molecule has 5 nitrogen and oxygen atoms in total. The van der Waals surface area contributed by atoms with Crippen LogP contribution in [0.15, 0.2) is 30.7 Å². The van der Waals surface area contributed by atoms with Gasteiger partial charge in [0.05, 0.1) is 0 Å². The zero-order valence-corrected chi connectivity index (χ0v) is 10.7. The first-order chi connectivity index (χ1) is 8.70. The summed E-state index contributed by atoms with van der Waals surface area (Å²) in [7, 11) is 1.84. The molecule has 0 aromatic carbocycles. The number of amides is 1. The lowest BCUT2D eigenvalue weighted by Gasteiger charge is -2.11. The molecule has 0 radical (unpaired) electrons. The van der Waals surface area contributed by atoms with Crippen molar-refractivity contribution < 1.29 is 4.79 Å². The van der Waals surface area contributed by atoms with E-state index in [0.717, 1.165) is 11.2 Å². The van der Waals surface area contributed by atoms with Crippen molar-refractivity contribution in [2.24, 2.45) is 5.92 Å². The van der Waals surface area contributed by atoms with E-state index in [1.165, 1.54) is 0 Å². The lowest BCUT2D eigenvalue weighted by Crippen LogP contribution is -2.33. The molecule has 2 aromatic rings. The summed E-state index contributed by atoms with van der Waals surface area (Å²) in [5, 5.41) is 5.92. The fourth-order valence-corrected chi connectivity index (χ4v) is 1.82. The number of nitrogens with one attached hydrogen (secondary N) is 2. The van der Waals surface area contributed by atoms with Gasteiger partial charge in [0.15, 0.2) is 0 Å². The van der Waals surface area contributed by atoms with E-state index in [1.54, 1.807) is 6.20 Å². The Morgan fingerprint density at radius 3 is 3.11 bits per heavy atom. The number of nitrogens with zero attached hydrogens (tertiary/aromatic N) is 2. The lowest BCUT2D eigenvalue weighted by atomic mass is 10.1. The largest absolute Gasteiger partial charge is 0.352 e. The van der Waals surface area contributed by atoms with Crippen molar-refractivity contribution in [3.8, 4) is 0 Å². The summed E-state index contributed by atoms with van der Waals surface area (Å²) in [5.74, 6) is 0.0396. The molecule has 0 bridgehead atoms. The van der Waals surface area contributed by atoms with Gasteiger partial charge in [0, 0.05) is 37.6 Å². The van der Waals surface area contributed by atoms with Gasteiger partial charge >= 0.3 is 0 Å². The second-order valence-electron chi connectivity index (χ2n) is 4.40. The Hall–Kier alpha value is -1.88. The molecule has 2 rings (SSSR count). The summed E-state index contributed by atoms with van der Waals surface area (Å²) in [6.45, 7) is 3.13.